The highest BCUT2D eigenvalue weighted by Crippen LogP contribution is 2.25. The lowest BCUT2D eigenvalue weighted by molar-refractivity contribution is -0.113. The number of fused-ring (bicyclic) bond motifs is 1. The summed E-state index contributed by atoms with van der Waals surface area (Å²) in [6, 6.07) is 32.4. The second kappa shape index (κ2) is 11.1. The van der Waals surface area contributed by atoms with E-state index in [1.165, 1.54) is 21.9 Å². The van der Waals surface area contributed by atoms with E-state index >= 15 is 0 Å². The molecule has 0 radical (unpaired) electrons. The van der Waals surface area contributed by atoms with Crippen LogP contribution >= 0.6 is 11.8 Å². The number of nitrogens with one attached hydrogen (secondary N) is 1. The highest BCUT2D eigenvalue weighted by molar-refractivity contribution is 7.99. The monoisotopic (exact) mass is 507 g/mol. The number of methoxy groups -OCH3 is 1. The van der Waals surface area contributed by atoms with Crippen molar-refractivity contribution in [3.63, 3.8) is 0 Å². The smallest absolute Gasteiger partial charge is 0.266 e. The fourth-order valence-corrected chi connectivity index (χ4v) is 4.93. The van der Waals surface area contributed by atoms with Gasteiger partial charge in [0.1, 0.15) is 5.75 Å². The van der Waals surface area contributed by atoms with Gasteiger partial charge in [-0.3, -0.25) is 14.2 Å². The van der Waals surface area contributed by atoms with Gasteiger partial charge in [-0.1, -0.05) is 78.5 Å². The maximum Gasteiger partial charge on any atom is 0.266 e. The first-order chi connectivity index (χ1) is 18.1. The van der Waals surface area contributed by atoms with Gasteiger partial charge in [0.2, 0.25) is 5.91 Å². The molecule has 0 bridgehead atoms. The maximum absolute atomic E-state index is 13.5. The number of benzene rings is 4. The van der Waals surface area contributed by atoms with Crippen molar-refractivity contribution in [3.8, 4) is 11.4 Å². The molecule has 0 aliphatic carbocycles. The van der Waals surface area contributed by atoms with E-state index in [4.69, 9.17) is 9.72 Å². The van der Waals surface area contributed by atoms with Gasteiger partial charge >= 0.3 is 0 Å². The summed E-state index contributed by atoms with van der Waals surface area (Å²) in [6.07, 6.45) is 0.714. The van der Waals surface area contributed by atoms with Gasteiger partial charge in [-0.2, -0.15) is 0 Å². The summed E-state index contributed by atoms with van der Waals surface area (Å²) >= 11 is 1.22. The van der Waals surface area contributed by atoms with Crippen LogP contribution in [0.5, 0.6) is 5.75 Å². The number of anilines is 1. The van der Waals surface area contributed by atoms with Crippen molar-refractivity contribution in [3.05, 3.63) is 125 Å². The number of ether oxygens (including phenoxy) is 1. The van der Waals surface area contributed by atoms with E-state index in [2.05, 4.69) is 17.4 Å². The van der Waals surface area contributed by atoms with E-state index < -0.39 is 0 Å². The summed E-state index contributed by atoms with van der Waals surface area (Å²) in [4.78, 5) is 31.2. The minimum absolute atomic E-state index is 0.0917. The van der Waals surface area contributed by atoms with Gasteiger partial charge in [0.25, 0.3) is 5.56 Å². The zero-order valence-electron chi connectivity index (χ0n) is 20.3. The van der Waals surface area contributed by atoms with Gasteiger partial charge in [-0.15, -0.1) is 0 Å². The molecule has 0 saturated heterocycles. The third-order valence-corrected chi connectivity index (χ3v) is 6.86. The molecule has 1 N–H and O–H groups in total. The molecule has 184 valence electrons. The molecule has 0 fully saturated rings. The van der Waals surface area contributed by atoms with Crippen molar-refractivity contribution in [1.29, 1.82) is 0 Å². The number of hydrogen-bond acceptors (Lipinski definition) is 5. The van der Waals surface area contributed by atoms with Gasteiger partial charge < -0.3 is 10.1 Å². The lowest BCUT2D eigenvalue weighted by Crippen LogP contribution is -2.23. The zero-order valence-corrected chi connectivity index (χ0v) is 21.1. The zero-order chi connectivity index (χ0) is 25.6. The molecule has 0 spiro atoms. The number of nitrogens with zero attached hydrogens (tertiary/aromatic N) is 2. The molecule has 6 nitrogen and oxygen atoms in total. The van der Waals surface area contributed by atoms with Gasteiger partial charge in [0, 0.05) is 11.8 Å². The molecular formula is C30H25N3O3S. The largest absolute Gasteiger partial charge is 0.497 e. The third kappa shape index (κ3) is 5.57. The van der Waals surface area contributed by atoms with Crippen LogP contribution in [0.25, 0.3) is 16.6 Å². The summed E-state index contributed by atoms with van der Waals surface area (Å²) in [5.41, 5.74) is 3.98. The molecule has 1 amide bonds. The van der Waals surface area contributed by atoms with Gasteiger partial charge in [-0.05, 0) is 47.9 Å². The van der Waals surface area contributed by atoms with Crippen molar-refractivity contribution in [2.24, 2.45) is 0 Å². The summed E-state index contributed by atoms with van der Waals surface area (Å²) in [6.45, 7) is 0. The van der Waals surface area contributed by atoms with E-state index in [0.29, 0.717) is 33.9 Å². The Hall–Kier alpha value is -4.36. The van der Waals surface area contributed by atoms with Crippen LogP contribution in [0, 0.1) is 0 Å². The number of carbonyl (C=O) groups excluding carboxylic acids is 1. The molecule has 0 aliphatic heterocycles. The Morgan fingerprint density at radius 1 is 0.919 bits per heavy atom. The lowest BCUT2D eigenvalue weighted by Gasteiger charge is -2.14. The maximum atomic E-state index is 13.5. The summed E-state index contributed by atoms with van der Waals surface area (Å²) < 4.78 is 6.89. The lowest BCUT2D eigenvalue weighted by atomic mass is 10.0. The van der Waals surface area contributed by atoms with Gasteiger partial charge in [0.05, 0.1) is 29.5 Å². The molecule has 7 heteroatoms. The summed E-state index contributed by atoms with van der Waals surface area (Å²) in [7, 11) is 1.58. The normalized spacial score (nSPS) is 10.8. The van der Waals surface area contributed by atoms with E-state index in [-0.39, 0.29) is 17.2 Å². The number of aromatic nitrogens is 2. The van der Waals surface area contributed by atoms with Crippen molar-refractivity contribution >= 4 is 34.3 Å². The molecule has 0 saturated carbocycles. The molecular weight excluding hydrogens is 482 g/mol. The van der Waals surface area contributed by atoms with Gasteiger partial charge in [-0.25, -0.2) is 4.98 Å². The molecule has 5 aromatic rings. The van der Waals surface area contributed by atoms with E-state index in [0.717, 1.165) is 11.3 Å². The van der Waals surface area contributed by atoms with Crippen molar-refractivity contribution in [2.75, 3.05) is 18.2 Å². The number of para-hydroxylation sites is 2. The van der Waals surface area contributed by atoms with Crippen LogP contribution in [-0.4, -0.2) is 28.3 Å². The standard InChI is InChI=1S/C30H25N3O3S/c1-36-24-14-9-13-23(19-24)33-29(35)25-15-6-8-17-27(25)32-30(33)37-20-28(34)31-26-16-7-5-12-22(26)18-21-10-3-2-4-11-21/h2-17,19H,18,20H2,1H3,(H,31,34). The first-order valence-electron chi connectivity index (χ1n) is 11.8. The Kier molecular flexibility index (Phi) is 7.33. The van der Waals surface area contributed by atoms with E-state index in [1.807, 2.05) is 72.8 Å². The van der Waals surface area contributed by atoms with E-state index in [9.17, 15) is 9.59 Å². The number of amides is 1. The van der Waals surface area contributed by atoms with Crippen LogP contribution < -0.4 is 15.6 Å². The van der Waals surface area contributed by atoms with Crippen LogP contribution in [0.1, 0.15) is 11.1 Å². The molecule has 37 heavy (non-hydrogen) atoms. The fourth-order valence-electron chi connectivity index (χ4n) is 4.11. The molecule has 0 aliphatic rings. The number of thioether (sulfide) groups is 1. The second-order valence-corrected chi connectivity index (χ2v) is 9.35. The highest BCUT2D eigenvalue weighted by Gasteiger charge is 2.16. The first kappa shape index (κ1) is 24.3. The van der Waals surface area contributed by atoms with Crippen LogP contribution in [0.3, 0.4) is 0 Å². The van der Waals surface area contributed by atoms with Crippen molar-refractivity contribution < 1.29 is 9.53 Å². The predicted molar refractivity (Wildman–Crippen MR) is 149 cm³/mol. The molecule has 1 aromatic heterocycles. The quantitative estimate of drug-likeness (QED) is 0.215. The number of carbonyl (C=O) groups is 1. The molecule has 4 aromatic carbocycles. The Bertz CT molecular complexity index is 1620. The number of rotatable bonds is 8. The average Bonchev–Trinajstić information content (AvgIpc) is 2.93. The van der Waals surface area contributed by atoms with Crippen molar-refractivity contribution in [2.45, 2.75) is 11.6 Å². The Balaban J connectivity index is 1.41. The summed E-state index contributed by atoms with van der Waals surface area (Å²) in [5, 5.41) is 3.98. The molecule has 0 unspecified atom stereocenters. The highest BCUT2D eigenvalue weighted by atomic mass is 32.2. The minimum atomic E-state index is -0.199. The topological polar surface area (TPSA) is 73.2 Å². The Morgan fingerprint density at radius 3 is 2.51 bits per heavy atom. The third-order valence-electron chi connectivity index (χ3n) is 5.92. The van der Waals surface area contributed by atoms with Crippen LogP contribution in [-0.2, 0) is 11.2 Å². The van der Waals surface area contributed by atoms with E-state index in [1.54, 1.807) is 25.3 Å². The number of hydrogen-bond donors (Lipinski definition) is 1. The summed E-state index contributed by atoms with van der Waals surface area (Å²) in [5.74, 6) is 0.542. The van der Waals surface area contributed by atoms with Crippen LogP contribution in [0.4, 0.5) is 5.69 Å². The molecule has 0 atom stereocenters. The average molecular weight is 508 g/mol. The minimum Gasteiger partial charge on any atom is -0.497 e. The van der Waals surface area contributed by atoms with Crippen LogP contribution in [0.2, 0.25) is 0 Å². The molecule has 1 heterocycles. The van der Waals surface area contributed by atoms with Crippen molar-refractivity contribution in [1.82, 2.24) is 9.55 Å². The van der Waals surface area contributed by atoms with Gasteiger partial charge in [0.15, 0.2) is 5.16 Å². The SMILES string of the molecule is COc1cccc(-n2c(SCC(=O)Nc3ccccc3Cc3ccccc3)nc3ccccc3c2=O)c1. The Labute approximate surface area is 219 Å². The second-order valence-electron chi connectivity index (χ2n) is 8.41. The first-order valence-corrected chi connectivity index (χ1v) is 12.8. The predicted octanol–water partition coefficient (Wildman–Crippen LogP) is 5.72. The molecule has 5 rings (SSSR count). The Morgan fingerprint density at radius 2 is 1.68 bits per heavy atom. The fraction of sp³-hybridized carbons (Fsp3) is 0.100. The van der Waals surface area contributed by atoms with Crippen LogP contribution in [0.15, 0.2) is 113 Å².